The van der Waals surface area contributed by atoms with Crippen LogP contribution in [0.3, 0.4) is 0 Å². The summed E-state index contributed by atoms with van der Waals surface area (Å²) in [6, 6.07) is 6.86. The number of aliphatic hydroxyl groups is 1. The number of halogens is 2. The summed E-state index contributed by atoms with van der Waals surface area (Å²) in [5.74, 6) is 0.149. The predicted octanol–water partition coefficient (Wildman–Crippen LogP) is 2.96. The van der Waals surface area contributed by atoms with Crippen LogP contribution in [0.4, 0.5) is 8.78 Å². The molecule has 3 rings (SSSR count). The number of morpholine rings is 1. The fraction of sp³-hybridized carbons (Fsp3) is 0.647. The first-order valence-electron chi connectivity index (χ1n) is 8.22. The van der Waals surface area contributed by atoms with E-state index < -0.39 is 6.61 Å². The molecule has 1 aromatic rings. The minimum atomic E-state index is -2.83. The first kappa shape index (κ1) is 16.6. The van der Waals surface area contributed by atoms with E-state index in [1.807, 2.05) is 6.07 Å². The van der Waals surface area contributed by atoms with Gasteiger partial charge in [0.25, 0.3) is 0 Å². The Morgan fingerprint density at radius 2 is 2.09 bits per heavy atom. The van der Waals surface area contributed by atoms with E-state index in [1.54, 1.807) is 12.1 Å². The van der Waals surface area contributed by atoms with E-state index in [2.05, 4.69) is 9.64 Å². The zero-order valence-corrected chi connectivity index (χ0v) is 13.0. The SMILES string of the molecule is O[C@@H]1CCCC[C@@H]1N1CCO[C@H](c2cccc(OC(F)F)c2)C1. The molecule has 1 aliphatic heterocycles. The lowest BCUT2D eigenvalue weighted by atomic mass is 9.90. The second-order valence-corrected chi connectivity index (χ2v) is 6.22. The number of nitrogens with zero attached hydrogens (tertiary/aromatic N) is 1. The van der Waals surface area contributed by atoms with E-state index in [9.17, 15) is 13.9 Å². The molecule has 3 atom stereocenters. The van der Waals surface area contributed by atoms with Crippen LogP contribution in [-0.4, -0.2) is 48.5 Å². The summed E-state index contributed by atoms with van der Waals surface area (Å²) in [6.45, 7) is -0.787. The van der Waals surface area contributed by atoms with Gasteiger partial charge in [-0.05, 0) is 30.5 Å². The molecule has 1 saturated heterocycles. The molecule has 6 heteroatoms. The molecular formula is C17H23F2NO3. The summed E-state index contributed by atoms with van der Waals surface area (Å²) >= 11 is 0. The Bertz CT molecular complexity index is 514. The molecule has 1 N–H and O–H groups in total. The number of alkyl halides is 2. The number of hydrogen-bond donors (Lipinski definition) is 1. The molecule has 0 aromatic heterocycles. The lowest BCUT2D eigenvalue weighted by Gasteiger charge is -2.42. The molecule has 1 saturated carbocycles. The predicted molar refractivity (Wildman–Crippen MR) is 81.6 cm³/mol. The number of rotatable bonds is 4. The number of ether oxygens (including phenoxy) is 2. The summed E-state index contributed by atoms with van der Waals surface area (Å²) in [5, 5.41) is 10.2. The van der Waals surface area contributed by atoms with Crippen LogP contribution in [0.5, 0.6) is 5.75 Å². The van der Waals surface area contributed by atoms with Gasteiger partial charge in [-0.3, -0.25) is 4.90 Å². The maximum atomic E-state index is 12.4. The first-order valence-corrected chi connectivity index (χ1v) is 8.22. The third-order valence-corrected chi connectivity index (χ3v) is 4.72. The summed E-state index contributed by atoms with van der Waals surface area (Å²) in [6.07, 6.45) is 3.61. The van der Waals surface area contributed by atoms with Crippen molar-refractivity contribution in [3.63, 3.8) is 0 Å². The van der Waals surface area contributed by atoms with Crippen molar-refractivity contribution in [3.8, 4) is 5.75 Å². The second-order valence-electron chi connectivity index (χ2n) is 6.22. The second kappa shape index (κ2) is 7.55. The summed E-state index contributed by atoms with van der Waals surface area (Å²) in [7, 11) is 0. The van der Waals surface area contributed by atoms with Crippen molar-refractivity contribution >= 4 is 0 Å². The van der Waals surface area contributed by atoms with Crippen molar-refractivity contribution in [1.82, 2.24) is 4.90 Å². The fourth-order valence-electron chi connectivity index (χ4n) is 3.58. The molecule has 4 nitrogen and oxygen atoms in total. The Morgan fingerprint density at radius 3 is 2.87 bits per heavy atom. The van der Waals surface area contributed by atoms with Crippen LogP contribution in [-0.2, 0) is 4.74 Å². The Kier molecular flexibility index (Phi) is 5.46. The lowest BCUT2D eigenvalue weighted by Crippen LogP contribution is -2.50. The van der Waals surface area contributed by atoms with Gasteiger partial charge in [-0.2, -0.15) is 8.78 Å². The monoisotopic (exact) mass is 327 g/mol. The van der Waals surface area contributed by atoms with Crippen LogP contribution in [0.15, 0.2) is 24.3 Å². The molecule has 1 aliphatic carbocycles. The molecule has 0 radical (unpaired) electrons. The van der Waals surface area contributed by atoms with E-state index in [0.29, 0.717) is 13.2 Å². The Labute approximate surface area is 135 Å². The third kappa shape index (κ3) is 4.19. The molecule has 1 aromatic carbocycles. The molecule has 2 fully saturated rings. The largest absolute Gasteiger partial charge is 0.435 e. The van der Waals surface area contributed by atoms with E-state index in [-0.39, 0.29) is 24.0 Å². The maximum absolute atomic E-state index is 12.4. The highest BCUT2D eigenvalue weighted by Crippen LogP contribution is 2.30. The van der Waals surface area contributed by atoms with E-state index in [4.69, 9.17) is 4.74 Å². The van der Waals surface area contributed by atoms with Crippen molar-refractivity contribution in [2.45, 2.75) is 50.5 Å². The van der Waals surface area contributed by atoms with Crippen LogP contribution in [0.2, 0.25) is 0 Å². The van der Waals surface area contributed by atoms with Crippen LogP contribution in [0, 0.1) is 0 Å². The summed E-state index contributed by atoms with van der Waals surface area (Å²) in [4.78, 5) is 2.28. The van der Waals surface area contributed by atoms with E-state index >= 15 is 0 Å². The normalized spacial score (nSPS) is 29.7. The van der Waals surface area contributed by atoms with Crippen molar-refractivity contribution in [2.75, 3.05) is 19.7 Å². The quantitative estimate of drug-likeness (QED) is 0.923. The molecule has 23 heavy (non-hydrogen) atoms. The Balaban J connectivity index is 1.68. The number of benzene rings is 1. The Hall–Kier alpha value is -1.24. The lowest BCUT2D eigenvalue weighted by molar-refractivity contribution is -0.0753. The fourth-order valence-corrected chi connectivity index (χ4v) is 3.58. The van der Waals surface area contributed by atoms with Gasteiger partial charge in [0, 0.05) is 19.1 Å². The van der Waals surface area contributed by atoms with Gasteiger partial charge in [0.2, 0.25) is 0 Å². The minimum Gasteiger partial charge on any atom is -0.435 e. The molecule has 0 amide bonds. The van der Waals surface area contributed by atoms with Gasteiger partial charge in [-0.15, -0.1) is 0 Å². The number of aliphatic hydroxyl groups excluding tert-OH is 1. The van der Waals surface area contributed by atoms with Gasteiger partial charge < -0.3 is 14.6 Å². The van der Waals surface area contributed by atoms with Gasteiger partial charge in [0.15, 0.2) is 0 Å². The smallest absolute Gasteiger partial charge is 0.387 e. The van der Waals surface area contributed by atoms with Crippen LogP contribution >= 0.6 is 0 Å². The highest BCUT2D eigenvalue weighted by molar-refractivity contribution is 5.30. The van der Waals surface area contributed by atoms with Gasteiger partial charge in [-0.1, -0.05) is 25.0 Å². The van der Waals surface area contributed by atoms with Gasteiger partial charge in [-0.25, -0.2) is 0 Å². The zero-order valence-electron chi connectivity index (χ0n) is 13.0. The van der Waals surface area contributed by atoms with Gasteiger partial charge in [0.1, 0.15) is 5.75 Å². The van der Waals surface area contributed by atoms with Crippen LogP contribution < -0.4 is 4.74 Å². The molecule has 1 heterocycles. The van der Waals surface area contributed by atoms with E-state index in [0.717, 1.165) is 37.8 Å². The molecule has 0 unspecified atom stereocenters. The first-order chi connectivity index (χ1) is 11.1. The van der Waals surface area contributed by atoms with Crippen molar-refractivity contribution in [1.29, 1.82) is 0 Å². The van der Waals surface area contributed by atoms with Gasteiger partial charge in [0.05, 0.1) is 18.8 Å². The molecular weight excluding hydrogens is 304 g/mol. The summed E-state index contributed by atoms with van der Waals surface area (Å²) < 4.78 is 35.0. The van der Waals surface area contributed by atoms with E-state index in [1.165, 1.54) is 6.07 Å². The zero-order chi connectivity index (χ0) is 16.2. The Morgan fingerprint density at radius 1 is 1.26 bits per heavy atom. The summed E-state index contributed by atoms with van der Waals surface area (Å²) in [5.41, 5.74) is 0.832. The average Bonchev–Trinajstić information content (AvgIpc) is 2.55. The third-order valence-electron chi connectivity index (χ3n) is 4.72. The van der Waals surface area contributed by atoms with Crippen molar-refractivity contribution in [2.24, 2.45) is 0 Å². The number of hydrogen-bond acceptors (Lipinski definition) is 4. The standard InChI is InChI=1S/C17H23F2NO3/c18-17(19)23-13-5-3-4-12(10-13)16-11-20(8-9-22-16)14-6-1-2-7-15(14)21/h3-5,10,14-17,21H,1-2,6-9,11H2/t14-,15+,16-/m0/s1. The average molecular weight is 327 g/mol. The minimum absolute atomic E-state index is 0.149. The molecule has 0 bridgehead atoms. The van der Waals surface area contributed by atoms with Crippen molar-refractivity contribution in [3.05, 3.63) is 29.8 Å². The van der Waals surface area contributed by atoms with Gasteiger partial charge >= 0.3 is 6.61 Å². The van der Waals surface area contributed by atoms with Crippen LogP contribution in [0.1, 0.15) is 37.4 Å². The molecule has 2 aliphatic rings. The van der Waals surface area contributed by atoms with Crippen molar-refractivity contribution < 1.29 is 23.4 Å². The topological polar surface area (TPSA) is 41.9 Å². The van der Waals surface area contributed by atoms with Crippen LogP contribution in [0.25, 0.3) is 0 Å². The molecule has 0 spiro atoms. The molecule has 128 valence electrons. The highest BCUT2D eigenvalue weighted by Gasteiger charge is 2.33. The highest BCUT2D eigenvalue weighted by atomic mass is 19.3. The maximum Gasteiger partial charge on any atom is 0.387 e.